The lowest BCUT2D eigenvalue weighted by Crippen LogP contribution is -2.04. The van der Waals surface area contributed by atoms with Gasteiger partial charge in [-0.2, -0.15) is 4.98 Å². The number of carbonyl (C=O) groups is 1. The molecule has 0 bridgehead atoms. The molecule has 0 aliphatic rings. The van der Waals surface area contributed by atoms with Gasteiger partial charge < -0.3 is 14.4 Å². The van der Waals surface area contributed by atoms with Crippen LogP contribution in [0.25, 0.3) is 0 Å². The second-order valence-corrected chi connectivity index (χ2v) is 4.67. The summed E-state index contributed by atoms with van der Waals surface area (Å²) >= 11 is 0. The third kappa shape index (κ3) is 3.57. The maximum absolute atomic E-state index is 10.8. The molecule has 2 rings (SSSR count). The summed E-state index contributed by atoms with van der Waals surface area (Å²) in [5, 5.41) is 12.7. The normalized spacial score (nSPS) is 10.8. The average Bonchev–Trinajstić information content (AvgIpc) is 2.86. The number of rotatable bonds is 6. The molecule has 20 heavy (non-hydrogen) atoms. The maximum atomic E-state index is 10.8. The van der Waals surface area contributed by atoms with Crippen molar-refractivity contribution in [2.45, 2.75) is 32.8 Å². The van der Waals surface area contributed by atoms with Crippen LogP contribution in [0.3, 0.4) is 0 Å². The van der Waals surface area contributed by atoms with E-state index in [1.54, 1.807) is 24.3 Å². The van der Waals surface area contributed by atoms with Crippen LogP contribution in [0.4, 0.5) is 0 Å². The minimum atomic E-state index is -0.900. The molecule has 0 radical (unpaired) electrons. The van der Waals surface area contributed by atoms with Crippen molar-refractivity contribution < 1.29 is 19.2 Å². The first-order chi connectivity index (χ1) is 9.56. The van der Waals surface area contributed by atoms with Crippen molar-refractivity contribution in [3.05, 3.63) is 41.5 Å². The number of carboxylic acid groups (broad SMARTS) is 1. The van der Waals surface area contributed by atoms with Crippen LogP contribution >= 0.6 is 0 Å². The molecule has 0 aliphatic heterocycles. The molecule has 0 aliphatic carbocycles. The zero-order valence-corrected chi connectivity index (χ0v) is 11.4. The minimum absolute atomic E-state index is 0.0837. The van der Waals surface area contributed by atoms with Gasteiger partial charge in [0, 0.05) is 11.5 Å². The number of ether oxygens (including phenoxy) is 1. The van der Waals surface area contributed by atoms with Gasteiger partial charge in [0.25, 0.3) is 0 Å². The van der Waals surface area contributed by atoms with E-state index in [-0.39, 0.29) is 18.9 Å². The number of nitrogens with zero attached hydrogens (tertiary/aromatic N) is 2. The quantitative estimate of drug-likeness (QED) is 0.872. The predicted molar refractivity (Wildman–Crippen MR) is 70.5 cm³/mol. The van der Waals surface area contributed by atoms with Gasteiger partial charge in [0.2, 0.25) is 11.7 Å². The summed E-state index contributed by atoms with van der Waals surface area (Å²) in [7, 11) is 0. The second kappa shape index (κ2) is 6.18. The van der Waals surface area contributed by atoms with Crippen molar-refractivity contribution in [3.8, 4) is 5.75 Å². The van der Waals surface area contributed by atoms with Crippen LogP contribution in [0.5, 0.6) is 5.75 Å². The van der Waals surface area contributed by atoms with E-state index in [2.05, 4.69) is 10.1 Å². The Kier molecular flexibility index (Phi) is 4.34. The number of aromatic nitrogens is 2. The van der Waals surface area contributed by atoms with E-state index in [4.69, 9.17) is 14.4 Å². The standard InChI is InChI=1S/C14H16N2O4/c1-9(2)14-15-12(16-20-14)8-19-11-6-4-3-5-10(11)7-13(17)18/h3-6,9H,7-8H2,1-2H3,(H,17,18). The van der Waals surface area contributed by atoms with Crippen LogP contribution in [0.15, 0.2) is 28.8 Å². The molecule has 0 spiro atoms. The van der Waals surface area contributed by atoms with Gasteiger partial charge in [-0.25, -0.2) is 0 Å². The fourth-order valence-electron chi connectivity index (χ4n) is 1.66. The van der Waals surface area contributed by atoms with Crippen LogP contribution in [-0.4, -0.2) is 21.2 Å². The molecule has 0 unspecified atom stereocenters. The highest BCUT2D eigenvalue weighted by Crippen LogP contribution is 2.20. The van der Waals surface area contributed by atoms with Crippen LogP contribution in [-0.2, 0) is 17.8 Å². The first-order valence-electron chi connectivity index (χ1n) is 6.31. The van der Waals surface area contributed by atoms with Gasteiger partial charge in [-0.15, -0.1) is 0 Å². The van der Waals surface area contributed by atoms with Crippen LogP contribution in [0.1, 0.15) is 37.0 Å². The van der Waals surface area contributed by atoms with Crippen LogP contribution < -0.4 is 4.74 Å². The topological polar surface area (TPSA) is 85.5 Å². The lowest BCUT2D eigenvalue weighted by molar-refractivity contribution is -0.136. The van der Waals surface area contributed by atoms with E-state index >= 15 is 0 Å². The third-order valence-corrected chi connectivity index (χ3v) is 2.65. The summed E-state index contributed by atoms with van der Waals surface area (Å²) < 4.78 is 10.6. The zero-order valence-electron chi connectivity index (χ0n) is 11.4. The van der Waals surface area contributed by atoms with Crippen molar-refractivity contribution in [1.29, 1.82) is 0 Å². The Bertz CT molecular complexity index is 592. The average molecular weight is 276 g/mol. The highest BCUT2D eigenvalue weighted by Gasteiger charge is 2.12. The van der Waals surface area contributed by atoms with Crippen molar-refractivity contribution in [2.24, 2.45) is 0 Å². The van der Waals surface area contributed by atoms with E-state index in [9.17, 15) is 4.79 Å². The third-order valence-electron chi connectivity index (χ3n) is 2.65. The summed E-state index contributed by atoms with van der Waals surface area (Å²) in [4.78, 5) is 15.0. The SMILES string of the molecule is CC(C)c1nc(COc2ccccc2CC(=O)O)no1. The fraction of sp³-hybridized carbons (Fsp3) is 0.357. The minimum Gasteiger partial charge on any atom is -0.485 e. The number of hydrogen-bond donors (Lipinski definition) is 1. The molecule has 2 aromatic rings. The molecule has 6 nitrogen and oxygen atoms in total. The second-order valence-electron chi connectivity index (χ2n) is 4.67. The van der Waals surface area contributed by atoms with E-state index in [1.165, 1.54) is 0 Å². The molecule has 0 saturated carbocycles. The Labute approximate surface area is 116 Å². The Morgan fingerprint density at radius 2 is 2.15 bits per heavy atom. The van der Waals surface area contributed by atoms with Crippen LogP contribution in [0.2, 0.25) is 0 Å². The summed E-state index contributed by atoms with van der Waals surface area (Å²) in [6.45, 7) is 4.06. The summed E-state index contributed by atoms with van der Waals surface area (Å²) in [6.07, 6.45) is -0.0837. The lowest BCUT2D eigenvalue weighted by atomic mass is 10.1. The Balaban J connectivity index is 2.04. The van der Waals surface area contributed by atoms with Gasteiger partial charge in [-0.3, -0.25) is 4.79 Å². The van der Waals surface area contributed by atoms with Crippen LogP contribution in [0, 0.1) is 0 Å². The first kappa shape index (κ1) is 14.0. The highest BCUT2D eigenvalue weighted by molar-refractivity contribution is 5.71. The molecule has 6 heteroatoms. The largest absolute Gasteiger partial charge is 0.485 e. The number of hydrogen-bond acceptors (Lipinski definition) is 5. The number of para-hydroxylation sites is 1. The number of carboxylic acids is 1. The number of benzene rings is 1. The summed E-state index contributed by atoms with van der Waals surface area (Å²) in [6, 6.07) is 7.01. The Morgan fingerprint density at radius 1 is 1.40 bits per heavy atom. The van der Waals surface area contributed by atoms with Gasteiger partial charge in [0.05, 0.1) is 6.42 Å². The molecule has 0 saturated heterocycles. The monoisotopic (exact) mass is 276 g/mol. The molecule has 1 heterocycles. The predicted octanol–water partition coefficient (Wildman–Crippen LogP) is 2.40. The van der Waals surface area contributed by atoms with E-state index in [0.717, 1.165) is 0 Å². The van der Waals surface area contributed by atoms with Crippen molar-refractivity contribution in [1.82, 2.24) is 10.1 Å². The smallest absolute Gasteiger partial charge is 0.307 e. The molecule has 1 N–H and O–H groups in total. The van der Waals surface area contributed by atoms with E-state index in [0.29, 0.717) is 23.0 Å². The van der Waals surface area contributed by atoms with E-state index < -0.39 is 5.97 Å². The first-order valence-corrected chi connectivity index (χ1v) is 6.31. The van der Waals surface area contributed by atoms with Crippen molar-refractivity contribution >= 4 is 5.97 Å². The Hall–Kier alpha value is -2.37. The molecule has 106 valence electrons. The fourth-order valence-corrected chi connectivity index (χ4v) is 1.66. The van der Waals surface area contributed by atoms with Gasteiger partial charge >= 0.3 is 5.97 Å². The molecule has 0 amide bonds. The van der Waals surface area contributed by atoms with Crippen molar-refractivity contribution in [2.75, 3.05) is 0 Å². The molecule has 0 fully saturated rings. The van der Waals surface area contributed by atoms with Gasteiger partial charge in [-0.1, -0.05) is 37.2 Å². The van der Waals surface area contributed by atoms with Gasteiger partial charge in [-0.05, 0) is 6.07 Å². The lowest BCUT2D eigenvalue weighted by Gasteiger charge is -2.08. The molecule has 1 aromatic carbocycles. The zero-order chi connectivity index (χ0) is 14.5. The molecule has 0 atom stereocenters. The molecule has 1 aromatic heterocycles. The highest BCUT2D eigenvalue weighted by atomic mass is 16.5. The Morgan fingerprint density at radius 3 is 2.80 bits per heavy atom. The maximum Gasteiger partial charge on any atom is 0.307 e. The van der Waals surface area contributed by atoms with Crippen molar-refractivity contribution in [3.63, 3.8) is 0 Å². The number of aliphatic carboxylic acids is 1. The van der Waals surface area contributed by atoms with Gasteiger partial charge in [0.15, 0.2) is 6.61 Å². The summed E-state index contributed by atoms with van der Waals surface area (Å²) in [5.74, 6) is 0.783. The summed E-state index contributed by atoms with van der Waals surface area (Å²) in [5.41, 5.74) is 0.618. The van der Waals surface area contributed by atoms with E-state index in [1.807, 2.05) is 13.8 Å². The molecular weight excluding hydrogens is 260 g/mol. The van der Waals surface area contributed by atoms with Gasteiger partial charge in [0.1, 0.15) is 5.75 Å². The molecular formula is C14H16N2O4.